The molecule has 0 saturated heterocycles. The molecule has 7 heteroatoms. The molecule has 1 heterocycles. The van der Waals surface area contributed by atoms with Gasteiger partial charge < -0.3 is 10.1 Å². The van der Waals surface area contributed by atoms with E-state index in [0.29, 0.717) is 17.5 Å². The standard InChI is InChI=1S/C12H17F3N2OS/c1-3-8(18-2)11-17-10(12(13,14)15)9(19-11)6-16-7-4-5-7/h7-8,16H,3-6H2,1-2H3. The summed E-state index contributed by atoms with van der Waals surface area (Å²) in [7, 11) is 1.49. The molecule has 1 aromatic heterocycles. The van der Waals surface area contributed by atoms with E-state index in [-0.39, 0.29) is 17.5 Å². The molecule has 1 aliphatic rings. The molecule has 0 bridgehead atoms. The van der Waals surface area contributed by atoms with Gasteiger partial charge in [0.15, 0.2) is 5.69 Å². The van der Waals surface area contributed by atoms with Gasteiger partial charge in [-0.1, -0.05) is 6.92 Å². The fourth-order valence-corrected chi connectivity index (χ4v) is 3.01. The Kier molecular flexibility index (Phi) is 4.47. The molecule has 1 atom stereocenters. The predicted molar refractivity (Wildman–Crippen MR) is 67.0 cm³/mol. The lowest BCUT2D eigenvalue weighted by molar-refractivity contribution is -0.141. The minimum Gasteiger partial charge on any atom is -0.374 e. The van der Waals surface area contributed by atoms with Gasteiger partial charge in [0.2, 0.25) is 0 Å². The number of hydrogen-bond acceptors (Lipinski definition) is 4. The first-order valence-corrected chi connectivity index (χ1v) is 7.10. The molecule has 0 amide bonds. The lowest BCUT2D eigenvalue weighted by Crippen LogP contribution is -2.18. The zero-order chi connectivity index (χ0) is 14.0. The molecule has 108 valence electrons. The van der Waals surface area contributed by atoms with Gasteiger partial charge in [-0.3, -0.25) is 0 Å². The van der Waals surface area contributed by atoms with Crippen molar-refractivity contribution in [2.45, 2.75) is 51.1 Å². The summed E-state index contributed by atoms with van der Waals surface area (Å²) in [5, 5.41) is 3.51. The van der Waals surface area contributed by atoms with Gasteiger partial charge in [-0.15, -0.1) is 11.3 Å². The molecular weight excluding hydrogens is 277 g/mol. The summed E-state index contributed by atoms with van der Waals surface area (Å²) in [6.45, 7) is 2.10. The largest absolute Gasteiger partial charge is 0.434 e. The Bertz CT molecular complexity index is 425. The first kappa shape index (κ1) is 14.7. The van der Waals surface area contributed by atoms with Crippen molar-refractivity contribution >= 4 is 11.3 Å². The van der Waals surface area contributed by atoms with Gasteiger partial charge in [0, 0.05) is 19.7 Å². The second-order valence-corrected chi connectivity index (χ2v) is 5.72. The maximum Gasteiger partial charge on any atom is 0.434 e. The highest BCUT2D eigenvalue weighted by atomic mass is 32.1. The van der Waals surface area contributed by atoms with E-state index in [4.69, 9.17) is 4.74 Å². The van der Waals surface area contributed by atoms with Crippen molar-refractivity contribution in [1.29, 1.82) is 0 Å². The molecule has 1 fully saturated rings. The molecule has 1 unspecified atom stereocenters. The topological polar surface area (TPSA) is 34.1 Å². The summed E-state index contributed by atoms with van der Waals surface area (Å²) in [6, 6.07) is 0.371. The number of nitrogens with zero attached hydrogens (tertiary/aromatic N) is 1. The molecule has 2 rings (SSSR count). The molecule has 0 aromatic carbocycles. The molecule has 0 aliphatic heterocycles. The van der Waals surface area contributed by atoms with E-state index in [1.807, 2.05) is 6.92 Å². The van der Waals surface area contributed by atoms with Gasteiger partial charge in [-0.2, -0.15) is 13.2 Å². The Morgan fingerprint density at radius 3 is 2.63 bits per heavy atom. The van der Waals surface area contributed by atoms with Crippen LogP contribution in [-0.2, 0) is 17.5 Å². The van der Waals surface area contributed by atoms with Crippen molar-refractivity contribution in [1.82, 2.24) is 10.3 Å². The van der Waals surface area contributed by atoms with Gasteiger partial charge >= 0.3 is 6.18 Å². The number of thiazole rings is 1. The SMILES string of the molecule is CCC(OC)c1nc(C(F)(F)F)c(CNC2CC2)s1. The highest BCUT2D eigenvalue weighted by molar-refractivity contribution is 7.11. The molecule has 1 saturated carbocycles. The Morgan fingerprint density at radius 2 is 2.16 bits per heavy atom. The molecule has 3 nitrogen and oxygen atoms in total. The van der Waals surface area contributed by atoms with Crippen molar-refractivity contribution in [3.8, 4) is 0 Å². The van der Waals surface area contributed by atoms with E-state index in [2.05, 4.69) is 10.3 Å². The van der Waals surface area contributed by atoms with Crippen LogP contribution in [0.25, 0.3) is 0 Å². The average molecular weight is 294 g/mol. The van der Waals surface area contributed by atoms with E-state index in [1.54, 1.807) is 0 Å². The normalized spacial score (nSPS) is 17.7. The molecule has 0 spiro atoms. The van der Waals surface area contributed by atoms with Crippen LogP contribution in [0, 0.1) is 0 Å². The Hall–Kier alpha value is -0.660. The number of hydrogen-bond donors (Lipinski definition) is 1. The molecule has 0 radical (unpaired) electrons. The van der Waals surface area contributed by atoms with Crippen LogP contribution in [0.1, 0.15) is 47.9 Å². The third-order valence-corrected chi connectivity index (χ3v) is 4.19. The van der Waals surface area contributed by atoms with Crippen LogP contribution in [0.2, 0.25) is 0 Å². The summed E-state index contributed by atoms with van der Waals surface area (Å²) in [4.78, 5) is 4.00. The smallest absolute Gasteiger partial charge is 0.374 e. The quantitative estimate of drug-likeness (QED) is 0.872. The summed E-state index contributed by atoms with van der Waals surface area (Å²) < 4.78 is 44.0. The number of alkyl halides is 3. The van der Waals surface area contributed by atoms with Crippen molar-refractivity contribution in [2.24, 2.45) is 0 Å². The van der Waals surface area contributed by atoms with Crippen LogP contribution in [0.3, 0.4) is 0 Å². The highest BCUT2D eigenvalue weighted by Crippen LogP contribution is 2.37. The fourth-order valence-electron chi connectivity index (χ4n) is 1.82. The van der Waals surface area contributed by atoms with Gasteiger partial charge in [-0.05, 0) is 19.3 Å². The maximum atomic E-state index is 12.9. The predicted octanol–water partition coefficient (Wildman–Crippen LogP) is 3.51. The Balaban J connectivity index is 2.21. The van der Waals surface area contributed by atoms with E-state index in [0.717, 1.165) is 24.2 Å². The van der Waals surface area contributed by atoms with Crippen molar-refractivity contribution in [2.75, 3.05) is 7.11 Å². The zero-order valence-electron chi connectivity index (χ0n) is 10.9. The van der Waals surface area contributed by atoms with Crippen molar-refractivity contribution < 1.29 is 17.9 Å². The number of ether oxygens (including phenoxy) is 1. The minimum atomic E-state index is -4.40. The number of halogens is 3. The van der Waals surface area contributed by atoms with E-state index in [1.165, 1.54) is 7.11 Å². The molecular formula is C12H17F3N2OS. The first-order valence-electron chi connectivity index (χ1n) is 6.28. The Labute approximate surface area is 114 Å². The fraction of sp³-hybridized carbons (Fsp3) is 0.750. The van der Waals surface area contributed by atoms with Gasteiger partial charge in [-0.25, -0.2) is 4.98 Å². The van der Waals surface area contributed by atoms with Crippen LogP contribution in [-0.4, -0.2) is 18.1 Å². The van der Waals surface area contributed by atoms with Gasteiger partial charge in [0.05, 0.1) is 4.88 Å². The number of nitrogens with one attached hydrogen (secondary N) is 1. The molecule has 1 N–H and O–H groups in total. The van der Waals surface area contributed by atoms with Crippen LogP contribution in [0.5, 0.6) is 0 Å². The summed E-state index contributed by atoms with van der Waals surface area (Å²) in [5.41, 5.74) is -0.767. The van der Waals surface area contributed by atoms with Crippen molar-refractivity contribution in [3.63, 3.8) is 0 Å². The maximum absolute atomic E-state index is 12.9. The second-order valence-electron chi connectivity index (χ2n) is 4.61. The number of aromatic nitrogens is 1. The number of methoxy groups -OCH3 is 1. The Morgan fingerprint density at radius 1 is 1.47 bits per heavy atom. The van der Waals surface area contributed by atoms with Crippen LogP contribution >= 0.6 is 11.3 Å². The summed E-state index contributed by atoms with van der Waals surface area (Å²) in [5.74, 6) is 0. The molecule has 1 aliphatic carbocycles. The summed E-state index contributed by atoms with van der Waals surface area (Å²) >= 11 is 1.09. The average Bonchev–Trinajstić information content (AvgIpc) is 3.07. The van der Waals surface area contributed by atoms with E-state index >= 15 is 0 Å². The van der Waals surface area contributed by atoms with Gasteiger partial charge in [0.25, 0.3) is 0 Å². The minimum absolute atomic E-state index is 0.233. The third kappa shape index (κ3) is 3.67. The third-order valence-electron chi connectivity index (χ3n) is 3.04. The summed E-state index contributed by atoms with van der Waals surface area (Å²) in [6.07, 6.45) is -2.07. The number of rotatable bonds is 6. The first-order chi connectivity index (χ1) is 8.95. The van der Waals surface area contributed by atoms with Crippen molar-refractivity contribution in [3.05, 3.63) is 15.6 Å². The van der Waals surface area contributed by atoms with E-state index < -0.39 is 11.9 Å². The van der Waals surface area contributed by atoms with E-state index in [9.17, 15) is 13.2 Å². The second kappa shape index (κ2) is 5.76. The van der Waals surface area contributed by atoms with Crippen LogP contribution in [0.15, 0.2) is 0 Å². The lowest BCUT2D eigenvalue weighted by Gasteiger charge is -2.08. The van der Waals surface area contributed by atoms with Gasteiger partial charge in [0.1, 0.15) is 11.1 Å². The highest BCUT2D eigenvalue weighted by Gasteiger charge is 2.38. The molecule has 1 aromatic rings. The molecule has 19 heavy (non-hydrogen) atoms. The van der Waals surface area contributed by atoms with Crippen LogP contribution < -0.4 is 5.32 Å². The zero-order valence-corrected chi connectivity index (χ0v) is 11.7. The lowest BCUT2D eigenvalue weighted by atomic mass is 10.3. The monoisotopic (exact) mass is 294 g/mol. The van der Waals surface area contributed by atoms with Crippen LogP contribution in [0.4, 0.5) is 13.2 Å².